The molecule has 0 spiro atoms. The second kappa shape index (κ2) is 5.33. The smallest absolute Gasteiger partial charge is 0.321 e. The first kappa shape index (κ1) is 15.7. The zero-order valence-electron chi connectivity index (χ0n) is 8.29. The molecule has 1 aromatic carbocycles. The van der Waals surface area contributed by atoms with Crippen molar-refractivity contribution in [3.63, 3.8) is 0 Å². The van der Waals surface area contributed by atoms with Gasteiger partial charge in [-0.2, -0.15) is 13.2 Å². The van der Waals surface area contributed by atoms with E-state index in [1.165, 1.54) is 0 Å². The van der Waals surface area contributed by atoms with Crippen LogP contribution in [-0.4, -0.2) is 9.70 Å². The molecule has 0 unspecified atom stereocenters. The molecule has 0 aromatic heterocycles. The molecule has 1 amide bonds. The molecule has 1 rings (SSSR count). The molecule has 0 atom stereocenters. The van der Waals surface area contributed by atoms with E-state index in [1.807, 2.05) is 5.32 Å². The number of benzene rings is 1. The van der Waals surface area contributed by atoms with E-state index in [9.17, 15) is 18.0 Å². The molecule has 100 valence electrons. The van der Waals surface area contributed by atoms with E-state index >= 15 is 0 Å². The minimum Gasteiger partial charge on any atom is -0.321 e. The summed E-state index contributed by atoms with van der Waals surface area (Å²) in [6.45, 7) is 0. The lowest BCUT2D eigenvalue weighted by atomic mass is 10.2. The van der Waals surface area contributed by atoms with Crippen LogP contribution in [-0.2, 0) is 11.0 Å². The van der Waals surface area contributed by atoms with Crippen LogP contribution < -0.4 is 5.32 Å². The third-order valence-corrected chi connectivity index (χ3v) is 2.64. The molecule has 0 heterocycles. The second-order valence-electron chi connectivity index (χ2n) is 3.14. The lowest BCUT2D eigenvalue weighted by molar-refractivity contribution is -0.137. The van der Waals surface area contributed by atoms with Gasteiger partial charge in [-0.3, -0.25) is 4.79 Å². The molecular formula is C9H4Cl4F3NO. The Labute approximate surface area is 120 Å². The Morgan fingerprint density at radius 1 is 1.17 bits per heavy atom. The lowest BCUT2D eigenvalue weighted by Crippen LogP contribution is -2.27. The predicted molar refractivity (Wildman–Crippen MR) is 65.4 cm³/mol. The highest BCUT2D eigenvalue weighted by Crippen LogP contribution is 2.35. The average Bonchev–Trinajstić information content (AvgIpc) is 2.18. The van der Waals surface area contributed by atoms with Gasteiger partial charge in [0.05, 0.1) is 16.3 Å². The first-order valence-corrected chi connectivity index (χ1v) is 5.78. The molecule has 0 aliphatic carbocycles. The van der Waals surface area contributed by atoms with Crippen molar-refractivity contribution in [2.45, 2.75) is 9.97 Å². The van der Waals surface area contributed by atoms with E-state index < -0.39 is 21.4 Å². The summed E-state index contributed by atoms with van der Waals surface area (Å²) in [4.78, 5) is 11.3. The van der Waals surface area contributed by atoms with Gasteiger partial charge >= 0.3 is 6.18 Å². The van der Waals surface area contributed by atoms with Crippen molar-refractivity contribution in [2.24, 2.45) is 0 Å². The van der Waals surface area contributed by atoms with E-state index in [4.69, 9.17) is 46.4 Å². The van der Waals surface area contributed by atoms with Gasteiger partial charge in [-0.15, -0.1) is 0 Å². The van der Waals surface area contributed by atoms with Crippen LogP contribution in [0.25, 0.3) is 0 Å². The normalized spacial score (nSPS) is 12.4. The van der Waals surface area contributed by atoms with Gasteiger partial charge in [-0.05, 0) is 18.2 Å². The topological polar surface area (TPSA) is 29.1 Å². The van der Waals surface area contributed by atoms with Gasteiger partial charge in [0.25, 0.3) is 9.70 Å². The van der Waals surface area contributed by atoms with Crippen LogP contribution in [0.3, 0.4) is 0 Å². The maximum atomic E-state index is 12.4. The largest absolute Gasteiger partial charge is 0.416 e. The molecule has 1 N–H and O–H groups in total. The van der Waals surface area contributed by atoms with Gasteiger partial charge in [-0.25, -0.2) is 0 Å². The number of halogens is 7. The van der Waals surface area contributed by atoms with Crippen molar-refractivity contribution in [1.29, 1.82) is 0 Å². The number of amides is 1. The van der Waals surface area contributed by atoms with Crippen LogP contribution in [0.15, 0.2) is 18.2 Å². The molecule has 0 fully saturated rings. The first-order valence-electron chi connectivity index (χ1n) is 4.27. The highest BCUT2D eigenvalue weighted by molar-refractivity contribution is 6.76. The Balaban J connectivity index is 3.06. The van der Waals surface area contributed by atoms with Crippen LogP contribution in [0.2, 0.25) is 5.02 Å². The van der Waals surface area contributed by atoms with Crippen molar-refractivity contribution >= 4 is 58.0 Å². The zero-order valence-corrected chi connectivity index (χ0v) is 11.3. The van der Waals surface area contributed by atoms with E-state index in [2.05, 4.69) is 0 Å². The molecule has 0 bridgehead atoms. The van der Waals surface area contributed by atoms with E-state index in [1.54, 1.807) is 0 Å². The molecule has 0 saturated heterocycles. The average molecular weight is 341 g/mol. The highest BCUT2D eigenvalue weighted by Gasteiger charge is 2.33. The summed E-state index contributed by atoms with van der Waals surface area (Å²) in [7, 11) is 0. The van der Waals surface area contributed by atoms with Crippen LogP contribution in [0.5, 0.6) is 0 Å². The van der Waals surface area contributed by atoms with Gasteiger partial charge < -0.3 is 5.32 Å². The summed E-state index contributed by atoms with van der Waals surface area (Å²) in [5, 5.41) is 1.89. The third-order valence-electron chi connectivity index (χ3n) is 1.80. The van der Waals surface area contributed by atoms with Crippen LogP contribution in [0.4, 0.5) is 18.9 Å². The quantitative estimate of drug-likeness (QED) is 0.740. The van der Waals surface area contributed by atoms with E-state index in [0.717, 1.165) is 12.1 Å². The van der Waals surface area contributed by atoms with E-state index in [0.29, 0.717) is 6.07 Å². The number of carbonyl (C=O) groups excluding carboxylic acids is 1. The molecule has 2 nitrogen and oxygen atoms in total. The Morgan fingerprint density at radius 2 is 1.72 bits per heavy atom. The molecule has 0 aliphatic rings. The minimum absolute atomic E-state index is 0.106. The lowest BCUT2D eigenvalue weighted by Gasteiger charge is -2.14. The Bertz CT molecular complexity index is 470. The number of anilines is 1. The number of carbonyl (C=O) groups is 1. The fourth-order valence-electron chi connectivity index (χ4n) is 0.991. The summed E-state index contributed by atoms with van der Waals surface area (Å²) >= 11 is 21.4. The van der Waals surface area contributed by atoms with Crippen LogP contribution in [0.1, 0.15) is 5.56 Å². The van der Waals surface area contributed by atoms with Gasteiger partial charge in [0, 0.05) is 0 Å². The Morgan fingerprint density at radius 3 is 2.17 bits per heavy atom. The van der Waals surface area contributed by atoms with Gasteiger partial charge in [-0.1, -0.05) is 46.4 Å². The van der Waals surface area contributed by atoms with Gasteiger partial charge in [0.1, 0.15) is 0 Å². The fourth-order valence-corrected chi connectivity index (χ4v) is 1.30. The number of hydrogen-bond acceptors (Lipinski definition) is 1. The molecular weight excluding hydrogens is 337 g/mol. The summed E-state index contributed by atoms with van der Waals surface area (Å²) in [5.74, 6) is -1.10. The standard InChI is InChI=1S/C9H4Cl4F3NO/c10-5-2-1-4(9(14,15)16)3-6(5)17-7(18)8(11,12)13/h1-3H,(H,17,18). The minimum atomic E-state index is -4.57. The predicted octanol–water partition coefficient (Wildman–Crippen LogP) is 4.67. The van der Waals surface area contributed by atoms with Crippen molar-refractivity contribution in [3.8, 4) is 0 Å². The molecule has 1 aromatic rings. The van der Waals surface area contributed by atoms with Crippen molar-refractivity contribution in [3.05, 3.63) is 28.8 Å². The van der Waals surface area contributed by atoms with Crippen molar-refractivity contribution in [2.75, 3.05) is 5.32 Å². The molecule has 0 aliphatic heterocycles. The summed E-state index contributed by atoms with van der Waals surface area (Å²) in [5.41, 5.74) is -1.27. The maximum absolute atomic E-state index is 12.4. The third kappa shape index (κ3) is 4.09. The summed E-state index contributed by atoms with van der Waals surface area (Å²) < 4.78 is 35.0. The fraction of sp³-hybridized carbons (Fsp3) is 0.222. The molecule has 9 heteroatoms. The zero-order chi connectivity index (χ0) is 14.1. The SMILES string of the molecule is O=C(Nc1cc(C(F)(F)F)ccc1Cl)C(Cl)(Cl)Cl. The number of alkyl halides is 6. The van der Waals surface area contributed by atoms with Crippen molar-refractivity contribution < 1.29 is 18.0 Å². The Kier molecular flexibility index (Phi) is 4.65. The second-order valence-corrected chi connectivity index (χ2v) is 5.83. The first-order chi connectivity index (χ1) is 8.01. The summed E-state index contributed by atoms with van der Waals surface area (Å²) in [6.07, 6.45) is -4.57. The van der Waals surface area contributed by atoms with Crippen LogP contribution >= 0.6 is 46.4 Å². The van der Waals surface area contributed by atoms with Crippen molar-refractivity contribution in [1.82, 2.24) is 0 Å². The number of rotatable bonds is 1. The van der Waals surface area contributed by atoms with E-state index in [-0.39, 0.29) is 10.7 Å². The van der Waals surface area contributed by atoms with Gasteiger partial charge in [0.15, 0.2) is 0 Å². The Hall–Kier alpha value is -0.360. The summed E-state index contributed by atoms with van der Waals surface area (Å²) in [6, 6.07) is 2.41. The van der Waals surface area contributed by atoms with Crippen LogP contribution in [0, 0.1) is 0 Å². The monoisotopic (exact) mass is 339 g/mol. The van der Waals surface area contributed by atoms with Gasteiger partial charge in [0.2, 0.25) is 0 Å². The number of nitrogens with one attached hydrogen (secondary N) is 1. The molecule has 18 heavy (non-hydrogen) atoms. The number of hydrogen-bond donors (Lipinski definition) is 1. The molecule has 0 radical (unpaired) electrons. The maximum Gasteiger partial charge on any atom is 0.416 e. The molecule has 0 saturated carbocycles. The highest BCUT2D eigenvalue weighted by atomic mass is 35.6.